The Labute approximate surface area is 138 Å². The largest absolute Gasteiger partial charge is 0.306 e. The van der Waals surface area contributed by atoms with Crippen LogP contribution in [0.15, 0.2) is 47.4 Å². The molecule has 126 valence electrons. The van der Waals surface area contributed by atoms with Crippen molar-refractivity contribution < 1.29 is 17.7 Å². The predicted octanol–water partition coefficient (Wildman–Crippen LogP) is 3.09. The van der Waals surface area contributed by atoms with Crippen LogP contribution < -0.4 is 4.72 Å². The summed E-state index contributed by atoms with van der Waals surface area (Å²) in [6.45, 7) is 0. The van der Waals surface area contributed by atoms with Crippen molar-refractivity contribution in [1.82, 2.24) is 4.72 Å². The summed E-state index contributed by atoms with van der Waals surface area (Å²) in [6.07, 6.45) is 2.36. The van der Waals surface area contributed by atoms with Gasteiger partial charge >= 0.3 is 5.69 Å². The Morgan fingerprint density at radius 1 is 1.21 bits per heavy atom. The van der Waals surface area contributed by atoms with E-state index in [0.29, 0.717) is 6.42 Å². The third-order valence-corrected chi connectivity index (χ3v) is 5.56. The van der Waals surface area contributed by atoms with Crippen LogP contribution >= 0.6 is 0 Å². The van der Waals surface area contributed by atoms with Gasteiger partial charge in [0.05, 0.1) is 9.82 Å². The number of halogens is 1. The maximum atomic E-state index is 13.4. The Balaban J connectivity index is 1.93. The lowest BCUT2D eigenvalue weighted by Crippen LogP contribution is -2.31. The van der Waals surface area contributed by atoms with E-state index in [9.17, 15) is 22.9 Å². The maximum absolute atomic E-state index is 13.4. The molecule has 0 fully saturated rings. The lowest BCUT2D eigenvalue weighted by atomic mass is 9.88. The molecule has 1 atom stereocenters. The van der Waals surface area contributed by atoms with Crippen LogP contribution in [0.5, 0.6) is 0 Å². The van der Waals surface area contributed by atoms with E-state index in [-0.39, 0.29) is 4.90 Å². The van der Waals surface area contributed by atoms with Gasteiger partial charge in [-0.25, -0.2) is 13.1 Å². The number of nitro groups is 1. The number of benzene rings is 2. The predicted molar refractivity (Wildman–Crippen MR) is 85.5 cm³/mol. The van der Waals surface area contributed by atoms with Gasteiger partial charge in [-0.15, -0.1) is 0 Å². The number of nitrogens with zero attached hydrogens (tertiary/aromatic N) is 1. The highest BCUT2D eigenvalue weighted by Crippen LogP contribution is 2.31. The molecule has 1 aliphatic rings. The van der Waals surface area contributed by atoms with E-state index >= 15 is 0 Å². The fourth-order valence-corrected chi connectivity index (χ4v) is 4.20. The molecular formula is C16H15FN2O4S. The minimum atomic E-state index is -4.00. The minimum absolute atomic E-state index is 0.321. The van der Waals surface area contributed by atoms with E-state index in [2.05, 4.69) is 4.72 Å². The summed E-state index contributed by atoms with van der Waals surface area (Å²) < 4.78 is 41.1. The molecule has 2 aromatic carbocycles. The highest BCUT2D eigenvalue weighted by atomic mass is 32.2. The van der Waals surface area contributed by atoms with Gasteiger partial charge in [0, 0.05) is 12.1 Å². The SMILES string of the molecule is O=[N+]([O-])c1cc(S(=O)(=O)N[C@@H]2CCCc3ccccc32)ccc1F. The van der Waals surface area contributed by atoms with Gasteiger partial charge in [0.15, 0.2) is 0 Å². The lowest BCUT2D eigenvalue weighted by molar-refractivity contribution is -0.387. The summed E-state index contributed by atoms with van der Waals surface area (Å²) in [6, 6.07) is 9.73. The first-order valence-electron chi connectivity index (χ1n) is 7.42. The topological polar surface area (TPSA) is 89.3 Å². The first-order valence-corrected chi connectivity index (χ1v) is 8.91. The first-order chi connectivity index (χ1) is 11.4. The molecule has 6 nitrogen and oxygen atoms in total. The minimum Gasteiger partial charge on any atom is -0.258 e. The zero-order valence-electron chi connectivity index (χ0n) is 12.6. The molecule has 0 saturated carbocycles. The normalized spacial score (nSPS) is 17.3. The fourth-order valence-electron chi connectivity index (χ4n) is 2.93. The van der Waals surface area contributed by atoms with Crippen LogP contribution in [0.2, 0.25) is 0 Å². The Morgan fingerprint density at radius 3 is 2.71 bits per heavy atom. The zero-order chi connectivity index (χ0) is 17.3. The van der Waals surface area contributed by atoms with Crippen LogP contribution in [-0.2, 0) is 16.4 Å². The van der Waals surface area contributed by atoms with Crippen molar-refractivity contribution in [2.75, 3.05) is 0 Å². The number of fused-ring (bicyclic) bond motifs is 1. The number of hydrogen-bond donors (Lipinski definition) is 1. The van der Waals surface area contributed by atoms with E-state index in [0.717, 1.165) is 42.2 Å². The van der Waals surface area contributed by atoms with Gasteiger partial charge in [-0.1, -0.05) is 24.3 Å². The molecule has 0 heterocycles. The van der Waals surface area contributed by atoms with Gasteiger partial charge in [0.2, 0.25) is 15.8 Å². The van der Waals surface area contributed by atoms with E-state index in [1.54, 1.807) is 0 Å². The van der Waals surface area contributed by atoms with Gasteiger partial charge in [-0.3, -0.25) is 10.1 Å². The van der Waals surface area contributed by atoms with Gasteiger partial charge in [0.1, 0.15) is 0 Å². The summed E-state index contributed by atoms with van der Waals surface area (Å²) in [5.74, 6) is -1.07. The molecule has 0 amide bonds. The third kappa shape index (κ3) is 3.15. The van der Waals surface area contributed by atoms with Gasteiger partial charge in [0.25, 0.3) is 0 Å². The van der Waals surface area contributed by atoms with Crippen molar-refractivity contribution in [2.24, 2.45) is 0 Å². The van der Waals surface area contributed by atoms with Crippen molar-refractivity contribution in [3.05, 3.63) is 69.5 Å². The average molecular weight is 350 g/mol. The fraction of sp³-hybridized carbons (Fsp3) is 0.250. The second-order valence-electron chi connectivity index (χ2n) is 5.64. The molecule has 1 N–H and O–H groups in total. The maximum Gasteiger partial charge on any atom is 0.306 e. The summed E-state index contributed by atoms with van der Waals surface area (Å²) in [4.78, 5) is 9.54. The molecule has 1 aliphatic carbocycles. The van der Waals surface area contributed by atoms with Gasteiger partial charge < -0.3 is 0 Å². The van der Waals surface area contributed by atoms with E-state index in [1.807, 2.05) is 24.3 Å². The molecule has 0 aromatic heterocycles. The quantitative estimate of drug-likeness (QED) is 0.678. The Bertz CT molecular complexity index is 899. The first kappa shape index (κ1) is 16.5. The summed E-state index contributed by atoms with van der Waals surface area (Å²) in [7, 11) is -4.00. The number of rotatable bonds is 4. The summed E-state index contributed by atoms with van der Waals surface area (Å²) in [5.41, 5.74) is 1.13. The number of hydrogen-bond acceptors (Lipinski definition) is 4. The molecule has 0 spiro atoms. The van der Waals surface area contributed by atoms with Crippen LogP contribution in [0, 0.1) is 15.9 Å². The second-order valence-corrected chi connectivity index (χ2v) is 7.35. The molecule has 0 unspecified atom stereocenters. The molecule has 0 radical (unpaired) electrons. The van der Waals surface area contributed by atoms with Gasteiger partial charge in [-0.2, -0.15) is 4.39 Å². The molecule has 24 heavy (non-hydrogen) atoms. The molecule has 3 rings (SSSR count). The van der Waals surface area contributed by atoms with E-state index in [1.165, 1.54) is 0 Å². The van der Waals surface area contributed by atoms with Crippen LogP contribution in [0.1, 0.15) is 30.0 Å². The van der Waals surface area contributed by atoms with Crippen molar-refractivity contribution in [2.45, 2.75) is 30.2 Å². The van der Waals surface area contributed by atoms with Gasteiger partial charge in [-0.05, 0) is 42.5 Å². The average Bonchev–Trinajstić information content (AvgIpc) is 2.55. The highest BCUT2D eigenvalue weighted by Gasteiger charge is 2.27. The number of aryl methyl sites for hydroxylation is 1. The molecule has 0 bridgehead atoms. The second kappa shape index (κ2) is 6.29. The molecular weight excluding hydrogens is 335 g/mol. The number of nitro benzene ring substituents is 1. The lowest BCUT2D eigenvalue weighted by Gasteiger charge is -2.26. The van der Waals surface area contributed by atoms with Crippen LogP contribution in [0.25, 0.3) is 0 Å². The van der Waals surface area contributed by atoms with E-state index < -0.39 is 32.5 Å². The van der Waals surface area contributed by atoms with Crippen LogP contribution in [0.4, 0.5) is 10.1 Å². The van der Waals surface area contributed by atoms with Crippen LogP contribution in [0.3, 0.4) is 0 Å². The van der Waals surface area contributed by atoms with E-state index in [4.69, 9.17) is 0 Å². The standard InChI is InChI=1S/C16H15FN2O4S/c17-14-9-8-12(10-16(14)19(20)21)24(22,23)18-15-7-3-5-11-4-1-2-6-13(11)15/h1-2,4,6,8-10,15,18H,3,5,7H2/t15-/m1/s1. The monoisotopic (exact) mass is 350 g/mol. The van der Waals surface area contributed by atoms with Crippen molar-refractivity contribution in [3.63, 3.8) is 0 Å². The smallest absolute Gasteiger partial charge is 0.258 e. The Hall–Kier alpha value is -2.32. The molecule has 0 saturated heterocycles. The van der Waals surface area contributed by atoms with Crippen molar-refractivity contribution >= 4 is 15.7 Å². The Kier molecular flexibility index (Phi) is 4.33. The molecule has 8 heteroatoms. The van der Waals surface area contributed by atoms with Crippen molar-refractivity contribution in [1.29, 1.82) is 0 Å². The highest BCUT2D eigenvalue weighted by molar-refractivity contribution is 7.89. The third-order valence-electron chi connectivity index (χ3n) is 4.09. The van der Waals surface area contributed by atoms with Crippen molar-refractivity contribution in [3.8, 4) is 0 Å². The summed E-state index contributed by atoms with van der Waals surface area (Å²) >= 11 is 0. The summed E-state index contributed by atoms with van der Waals surface area (Å²) in [5, 5.41) is 10.8. The van der Waals surface area contributed by atoms with Crippen LogP contribution in [-0.4, -0.2) is 13.3 Å². The molecule has 2 aromatic rings. The Morgan fingerprint density at radius 2 is 1.96 bits per heavy atom. The zero-order valence-corrected chi connectivity index (χ0v) is 13.4. The number of sulfonamides is 1. The number of nitrogens with one attached hydrogen (secondary N) is 1. The molecule has 0 aliphatic heterocycles.